The fourth-order valence-corrected chi connectivity index (χ4v) is 3.87. The van der Waals surface area contributed by atoms with E-state index in [4.69, 9.17) is 9.57 Å². The second-order valence-electron chi connectivity index (χ2n) is 7.63. The highest BCUT2D eigenvalue weighted by molar-refractivity contribution is 6.16. The zero-order valence-corrected chi connectivity index (χ0v) is 18.1. The first-order valence-corrected chi connectivity index (χ1v) is 10.5. The van der Waals surface area contributed by atoms with Gasteiger partial charge in [-0.05, 0) is 41.5 Å². The molecule has 0 unspecified atom stereocenters. The Balaban J connectivity index is 1.41. The van der Waals surface area contributed by atoms with Crippen LogP contribution in [0.2, 0.25) is 0 Å². The van der Waals surface area contributed by atoms with Crippen LogP contribution < -0.4 is 10.9 Å². The van der Waals surface area contributed by atoms with Crippen molar-refractivity contribution in [1.29, 1.82) is 0 Å². The number of nitrogens with zero attached hydrogens (tertiary/aromatic N) is 3. The number of hydrogen-bond acceptors (Lipinski definition) is 6. The number of halogens is 1. The SMILES string of the molecule is CO/N=C1\c2cc(F)ccc2-n2c1nc1cc(CNC(=O)OCc3ccccc3)ccc1c2=O. The van der Waals surface area contributed by atoms with Gasteiger partial charge in [-0.3, -0.25) is 9.36 Å². The fraction of sp³-hybridized carbons (Fsp3) is 0.120. The second kappa shape index (κ2) is 8.78. The molecule has 1 N–H and O–H groups in total. The van der Waals surface area contributed by atoms with Crippen molar-refractivity contribution in [2.45, 2.75) is 13.2 Å². The van der Waals surface area contributed by atoms with E-state index in [-0.39, 0.29) is 30.2 Å². The number of oxime groups is 1. The molecule has 0 saturated heterocycles. The lowest BCUT2D eigenvalue weighted by atomic mass is 10.1. The molecule has 0 saturated carbocycles. The third kappa shape index (κ3) is 3.88. The van der Waals surface area contributed by atoms with Gasteiger partial charge in [0.05, 0.1) is 16.6 Å². The topological polar surface area (TPSA) is 94.8 Å². The molecule has 0 spiro atoms. The lowest BCUT2D eigenvalue weighted by Crippen LogP contribution is -2.24. The first-order valence-electron chi connectivity index (χ1n) is 10.5. The zero-order valence-electron chi connectivity index (χ0n) is 18.1. The van der Waals surface area contributed by atoms with Crippen molar-refractivity contribution in [3.63, 3.8) is 0 Å². The van der Waals surface area contributed by atoms with Gasteiger partial charge in [0, 0.05) is 12.1 Å². The van der Waals surface area contributed by atoms with Crippen LogP contribution in [0.15, 0.2) is 76.7 Å². The van der Waals surface area contributed by atoms with E-state index < -0.39 is 11.9 Å². The van der Waals surface area contributed by atoms with Crippen molar-refractivity contribution < 1.29 is 18.8 Å². The van der Waals surface area contributed by atoms with Gasteiger partial charge < -0.3 is 14.9 Å². The summed E-state index contributed by atoms with van der Waals surface area (Å²) in [4.78, 5) is 34.9. The number of benzene rings is 3. The van der Waals surface area contributed by atoms with Crippen molar-refractivity contribution in [3.8, 4) is 5.69 Å². The third-order valence-corrected chi connectivity index (χ3v) is 5.43. The lowest BCUT2D eigenvalue weighted by molar-refractivity contribution is 0.139. The molecule has 34 heavy (non-hydrogen) atoms. The molecule has 0 bridgehead atoms. The summed E-state index contributed by atoms with van der Waals surface area (Å²) in [6.45, 7) is 0.353. The Morgan fingerprint density at radius 3 is 2.71 bits per heavy atom. The van der Waals surface area contributed by atoms with Crippen LogP contribution in [0.5, 0.6) is 0 Å². The zero-order chi connectivity index (χ0) is 23.7. The summed E-state index contributed by atoms with van der Waals surface area (Å²) in [5.41, 5.74) is 2.90. The molecule has 4 aromatic rings. The van der Waals surface area contributed by atoms with E-state index in [9.17, 15) is 14.0 Å². The van der Waals surface area contributed by atoms with Gasteiger partial charge in [0.25, 0.3) is 5.56 Å². The van der Waals surface area contributed by atoms with E-state index in [1.54, 1.807) is 18.2 Å². The highest BCUT2D eigenvalue weighted by Crippen LogP contribution is 2.28. The standard InChI is InChI=1S/C25H19FN4O4/c1-33-29-22-19-12-17(26)8-10-21(19)30-23(22)28-20-11-16(7-9-18(20)24(30)31)13-27-25(32)34-14-15-5-3-2-4-6-15/h2-12H,13-14H2,1H3,(H,27,32)/b29-22+. The summed E-state index contributed by atoms with van der Waals surface area (Å²) in [6.07, 6.45) is -0.557. The average molecular weight is 458 g/mol. The van der Waals surface area contributed by atoms with Gasteiger partial charge in [0.1, 0.15) is 19.5 Å². The number of rotatable bonds is 5. The van der Waals surface area contributed by atoms with Gasteiger partial charge in [0.2, 0.25) is 0 Å². The van der Waals surface area contributed by atoms with Crippen molar-refractivity contribution in [1.82, 2.24) is 14.9 Å². The molecule has 1 amide bonds. The molecule has 1 aliphatic heterocycles. The number of ether oxygens (including phenoxy) is 1. The highest BCUT2D eigenvalue weighted by atomic mass is 19.1. The van der Waals surface area contributed by atoms with Gasteiger partial charge >= 0.3 is 6.09 Å². The maximum Gasteiger partial charge on any atom is 0.407 e. The minimum absolute atomic E-state index is 0.164. The normalized spacial score (nSPS) is 12.9. The predicted octanol–water partition coefficient (Wildman–Crippen LogP) is 3.66. The molecule has 0 atom stereocenters. The van der Waals surface area contributed by atoms with E-state index in [2.05, 4.69) is 15.5 Å². The van der Waals surface area contributed by atoms with Crippen LogP contribution in [-0.4, -0.2) is 28.5 Å². The fourth-order valence-electron chi connectivity index (χ4n) is 3.87. The Morgan fingerprint density at radius 2 is 1.91 bits per heavy atom. The van der Waals surface area contributed by atoms with E-state index in [1.807, 2.05) is 30.3 Å². The molecular formula is C25H19FN4O4. The van der Waals surface area contributed by atoms with E-state index in [0.717, 1.165) is 11.1 Å². The van der Waals surface area contributed by atoms with E-state index >= 15 is 0 Å². The van der Waals surface area contributed by atoms with Crippen LogP contribution in [0.4, 0.5) is 9.18 Å². The molecule has 9 heteroatoms. The van der Waals surface area contributed by atoms with Gasteiger partial charge in [-0.15, -0.1) is 0 Å². The van der Waals surface area contributed by atoms with Gasteiger partial charge in [0.15, 0.2) is 11.5 Å². The van der Waals surface area contributed by atoms with E-state index in [1.165, 1.54) is 29.9 Å². The molecule has 0 aliphatic carbocycles. The Labute approximate surface area is 193 Å². The molecular weight excluding hydrogens is 439 g/mol. The summed E-state index contributed by atoms with van der Waals surface area (Å²) < 4.78 is 20.5. The summed E-state index contributed by atoms with van der Waals surface area (Å²) >= 11 is 0. The number of carbonyl (C=O) groups excluding carboxylic acids is 1. The Morgan fingerprint density at radius 1 is 1.09 bits per heavy atom. The average Bonchev–Trinajstić information content (AvgIpc) is 3.15. The quantitative estimate of drug-likeness (QED) is 0.406. The van der Waals surface area contributed by atoms with Crippen molar-refractivity contribution in [2.75, 3.05) is 7.11 Å². The highest BCUT2D eigenvalue weighted by Gasteiger charge is 2.30. The predicted molar refractivity (Wildman–Crippen MR) is 123 cm³/mol. The first kappa shape index (κ1) is 21.3. The Hall–Kier alpha value is -4.53. The monoisotopic (exact) mass is 458 g/mol. The number of hydrogen-bond donors (Lipinski definition) is 1. The Kier molecular flexibility index (Phi) is 5.51. The summed E-state index contributed by atoms with van der Waals surface area (Å²) in [5, 5.41) is 7.05. The first-order chi connectivity index (χ1) is 16.5. The van der Waals surface area contributed by atoms with E-state index in [0.29, 0.717) is 22.2 Å². The molecule has 1 aliphatic rings. The minimum Gasteiger partial charge on any atom is -0.445 e. The van der Waals surface area contributed by atoms with Crippen LogP contribution >= 0.6 is 0 Å². The maximum absolute atomic E-state index is 13.9. The second-order valence-corrected chi connectivity index (χ2v) is 7.63. The molecule has 0 fully saturated rings. The maximum atomic E-state index is 13.9. The summed E-state index contributed by atoms with van der Waals surface area (Å²) in [7, 11) is 1.37. The largest absolute Gasteiger partial charge is 0.445 e. The van der Waals surface area contributed by atoms with Crippen molar-refractivity contribution >= 4 is 22.7 Å². The van der Waals surface area contributed by atoms with Crippen LogP contribution in [-0.2, 0) is 22.7 Å². The van der Waals surface area contributed by atoms with Crippen LogP contribution in [0.3, 0.4) is 0 Å². The Bertz CT molecular complexity index is 1500. The molecule has 8 nitrogen and oxygen atoms in total. The van der Waals surface area contributed by atoms with Crippen molar-refractivity contribution in [3.05, 3.63) is 105 Å². The molecule has 0 radical (unpaired) electrons. The van der Waals surface area contributed by atoms with Crippen LogP contribution in [0, 0.1) is 5.82 Å². The van der Waals surface area contributed by atoms with Crippen LogP contribution in [0.1, 0.15) is 22.5 Å². The molecule has 3 aromatic carbocycles. The molecule has 2 heterocycles. The number of alkyl carbamates (subject to hydrolysis) is 1. The summed E-state index contributed by atoms with van der Waals surface area (Å²) in [6, 6.07) is 18.6. The smallest absolute Gasteiger partial charge is 0.407 e. The molecule has 5 rings (SSSR count). The number of nitrogens with one attached hydrogen (secondary N) is 1. The summed E-state index contributed by atoms with van der Waals surface area (Å²) in [5.74, 6) is -0.201. The van der Waals surface area contributed by atoms with Crippen molar-refractivity contribution in [2.24, 2.45) is 5.16 Å². The third-order valence-electron chi connectivity index (χ3n) is 5.43. The molecule has 1 aromatic heterocycles. The lowest BCUT2D eigenvalue weighted by Gasteiger charge is -2.09. The number of aromatic nitrogens is 2. The van der Waals surface area contributed by atoms with Gasteiger partial charge in [-0.2, -0.15) is 0 Å². The number of fused-ring (bicyclic) bond motifs is 4. The van der Waals surface area contributed by atoms with Gasteiger partial charge in [-0.25, -0.2) is 14.2 Å². The van der Waals surface area contributed by atoms with Gasteiger partial charge in [-0.1, -0.05) is 41.6 Å². The number of amides is 1. The minimum atomic E-state index is -0.557. The number of carbonyl (C=O) groups is 1. The van der Waals surface area contributed by atoms with Crippen LogP contribution in [0.25, 0.3) is 16.6 Å². The molecule has 170 valence electrons.